The van der Waals surface area contributed by atoms with Crippen LogP contribution >= 0.6 is 0 Å². The number of nitrogens with one attached hydrogen (secondary N) is 1. The Kier molecular flexibility index (Phi) is 4.42. The summed E-state index contributed by atoms with van der Waals surface area (Å²) in [5.41, 5.74) is 3.97. The summed E-state index contributed by atoms with van der Waals surface area (Å²) in [6, 6.07) is 5.73. The first kappa shape index (κ1) is 13.4. The Labute approximate surface area is 102 Å². The summed E-state index contributed by atoms with van der Waals surface area (Å²) in [6.45, 7) is 5.56. The van der Waals surface area contributed by atoms with E-state index in [4.69, 9.17) is 5.26 Å². The number of aryl methyl sites for hydroxylation is 2. The van der Waals surface area contributed by atoms with Gasteiger partial charge < -0.3 is 5.32 Å². The number of hydrogen-bond acceptors (Lipinski definition) is 3. The lowest BCUT2D eigenvalue weighted by Gasteiger charge is -2.16. The molecule has 90 valence electrons. The minimum absolute atomic E-state index is 0.135. The van der Waals surface area contributed by atoms with Gasteiger partial charge >= 0.3 is 0 Å². The van der Waals surface area contributed by atoms with Gasteiger partial charge in [0.2, 0.25) is 0 Å². The lowest BCUT2D eigenvalue weighted by atomic mass is 9.93. The molecule has 0 unspecified atom stereocenters. The minimum atomic E-state index is -0.152. The van der Waals surface area contributed by atoms with Crippen molar-refractivity contribution < 1.29 is 4.79 Å². The molecule has 0 radical (unpaired) electrons. The van der Waals surface area contributed by atoms with Gasteiger partial charge in [0.15, 0.2) is 0 Å². The van der Waals surface area contributed by atoms with E-state index in [9.17, 15) is 4.79 Å². The van der Waals surface area contributed by atoms with Crippen molar-refractivity contribution in [2.24, 2.45) is 0 Å². The molecule has 1 atom stereocenters. The predicted molar refractivity (Wildman–Crippen MR) is 67.9 cm³/mol. The van der Waals surface area contributed by atoms with Crippen LogP contribution in [-0.2, 0) is 11.2 Å². The van der Waals surface area contributed by atoms with Crippen LogP contribution in [0.3, 0.4) is 0 Å². The van der Waals surface area contributed by atoms with Crippen molar-refractivity contribution in [2.45, 2.75) is 33.2 Å². The van der Waals surface area contributed by atoms with E-state index in [2.05, 4.69) is 11.4 Å². The second-order valence-electron chi connectivity index (χ2n) is 4.36. The molecule has 0 heterocycles. The highest BCUT2D eigenvalue weighted by Gasteiger charge is 2.15. The SMILES string of the molecule is CN[C@@H](Cc1c(C)cc(C#N)cc1C)C(C)=O. The number of Topliss-reactive ketones (excluding diaryl/α,β-unsaturated/α-hetero) is 1. The smallest absolute Gasteiger partial charge is 0.147 e. The molecule has 1 N–H and O–H groups in total. The maximum atomic E-state index is 11.4. The van der Waals surface area contributed by atoms with Crippen LogP contribution in [0.25, 0.3) is 0 Å². The summed E-state index contributed by atoms with van der Waals surface area (Å²) in [5, 5.41) is 11.9. The van der Waals surface area contributed by atoms with Gasteiger partial charge in [0, 0.05) is 0 Å². The summed E-state index contributed by atoms with van der Waals surface area (Å²) in [4.78, 5) is 11.4. The highest BCUT2D eigenvalue weighted by molar-refractivity contribution is 5.81. The lowest BCUT2D eigenvalue weighted by molar-refractivity contribution is -0.118. The van der Waals surface area contributed by atoms with Crippen molar-refractivity contribution >= 4 is 5.78 Å². The number of benzene rings is 1. The first-order chi connectivity index (χ1) is 7.99. The molecular weight excluding hydrogens is 212 g/mol. The van der Waals surface area contributed by atoms with E-state index in [1.54, 1.807) is 14.0 Å². The van der Waals surface area contributed by atoms with Crippen LogP contribution in [0.4, 0.5) is 0 Å². The topological polar surface area (TPSA) is 52.9 Å². The third-order valence-electron chi connectivity index (χ3n) is 3.07. The maximum Gasteiger partial charge on any atom is 0.147 e. The third kappa shape index (κ3) is 3.15. The fourth-order valence-electron chi connectivity index (χ4n) is 2.03. The molecule has 0 amide bonds. The number of nitrogens with zero attached hydrogens (tertiary/aromatic N) is 1. The van der Waals surface area contributed by atoms with Gasteiger partial charge in [-0.05, 0) is 63.1 Å². The maximum absolute atomic E-state index is 11.4. The molecule has 0 fully saturated rings. The summed E-state index contributed by atoms with van der Waals surface area (Å²) in [7, 11) is 1.79. The quantitative estimate of drug-likeness (QED) is 0.859. The second-order valence-corrected chi connectivity index (χ2v) is 4.36. The number of ketones is 1. The molecule has 0 aliphatic carbocycles. The van der Waals surface area contributed by atoms with Crippen LogP contribution in [0.15, 0.2) is 12.1 Å². The molecule has 0 saturated heterocycles. The van der Waals surface area contributed by atoms with Crippen LogP contribution in [0.5, 0.6) is 0 Å². The Balaban J connectivity index is 3.07. The van der Waals surface area contributed by atoms with E-state index in [-0.39, 0.29) is 11.8 Å². The van der Waals surface area contributed by atoms with Crippen LogP contribution < -0.4 is 5.32 Å². The molecule has 3 heteroatoms. The van der Waals surface area contributed by atoms with Gasteiger partial charge in [-0.15, -0.1) is 0 Å². The molecule has 0 aromatic heterocycles. The van der Waals surface area contributed by atoms with Gasteiger partial charge in [-0.2, -0.15) is 5.26 Å². The van der Waals surface area contributed by atoms with Crippen LogP contribution in [0.1, 0.15) is 29.2 Å². The molecular formula is C14H18N2O. The average molecular weight is 230 g/mol. The molecule has 0 bridgehead atoms. The van der Waals surface area contributed by atoms with Gasteiger partial charge in [-0.25, -0.2) is 0 Å². The Morgan fingerprint density at radius 2 is 1.94 bits per heavy atom. The standard InChI is InChI=1S/C14H18N2O/c1-9-5-12(8-15)6-10(2)13(9)7-14(16-4)11(3)17/h5-6,14,16H,7H2,1-4H3/t14-/m0/s1. The number of hydrogen-bond donors (Lipinski definition) is 1. The Hall–Kier alpha value is -1.66. The summed E-state index contributed by atoms with van der Waals surface area (Å²) < 4.78 is 0. The summed E-state index contributed by atoms with van der Waals surface area (Å²) in [6.07, 6.45) is 0.676. The van der Waals surface area contributed by atoms with Gasteiger partial charge in [-0.3, -0.25) is 4.79 Å². The van der Waals surface area contributed by atoms with Crippen molar-refractivity contribution in [1.29, 1.82) is 5.26 Å². The largest absolute Gasteiger partial charge is 0.310 e. The average Bonchev–Trinajstić information content (AvgIpc) is 2.27. The molecule has 1 rings (SSSR count). The number of carbonyl (C=O) groups is 1. The molecule has 3 nitrogen and oxygen atoms in total. The predicted octanol–water partition coefficient (Wildman–Crippen LogP) is 1.89. The zero-order chi connectivity index (χ0) is 13.0. The fraction of sp³-hybridized carbons (Fsp3) is 0.429. The van der Waals surface area contributed by atoms with Gasteiger partial charge in [0.25, 0.3) is 0 Å². The van der Waals surface area contributed by atoms with E-state index >= 15 is 0 Å². The summed E-state index contributed by atoms with van der Waals surface area (Å²) in [5.74, 6) is 0.135. The zero-order valence-corrected chi connectivity index (χ0v) is 10.8. The molecule has 17 heavy (non-hydrogen) atoms. The Morgan fingerprint density at radius 1 is 1.41 bits per heavy atom. The molecule has 1 aromatic carbocycles. The van der Waals surface area contributed by atoms with Crippen molar-refractivity contribution in [3.63, 3.8) is 0 Å². The molecule has 0 saturated carbocycles. The number of nitriles is 1. The van der Waals surface area contributed by atoms with E-state index in [1.165, 1.54) is 0 Å². The Bertz CT molecular complexity index is 449. The highest BCUT2D eigenvalue weighted by Crippen LogP contribution is 2.18. The Morgan fingerprint density at radius 3 is 2.29 bits per heavy atom. The second kappa shape index (κ2) is 5.60. The first-order valence-electron chi connectivity index (χ1n) is 5.67. The molecule has 1 aromatic rings. The third-order valence-corrected chi connectivity index (χ3v) is 3.07. The van der Waals surface area contributed by atoms with Gasteiger partial charge in [0.05, 0.1) is 17.7 Å². The monoisotopic (exact) mass is 230 g/mol. The number of rotatable bonds is 4. The van der Waals surface area contributed by atoms with Crippen molar-refractivity contribution in [3.05, 3.63) is 34.4 Å². The lowest BCUT2D eigenvalue weighted by Crippen LogP contribution is -2.34. The van der Waals surface area contributed by atoms with Crippen molar-refractivity contribution in [1.82, 2.24) is 5.32 Å². The van der Waals surface area contributed by atoms with Crippen LogP contribution in [0, 0.1) is 25.2 Å². The number of likely N-dealkylation sites (N-methyl/N-ethyl adjacent to an activating group) is 1. The van der Waals surface area contributed by atoms with Gasteiger partial charge in [-0.1, -0.05) is 0 Å². The van der Waals surface area contributed by atoms with Crippen molar-refractivity contribution in [2.75, 3.05) is 7.05 Å². The normalized spacial score (nSPS) is 11.9. The van der Waals surface area contributed by atoms with Crippen molar-refractivity contribution in [3.8, 4) is 6.07 Å². The van der Waals surface area contributed by atoms with E-state index in [0.29, 0.717) is 12.0 Å². The summed E-state index contributed by atoms with van der Waals surface area (Å²) >= 11 is 0. The first-order valence-corrected chi connectivity index (χ1v) is 5.67. The van der Waals surface area contributed by atoms with E-state index in [0.717, 1.165) is 16.7 Å². The minimum Gasteiger partial charge on any atom is -0.310 e. The fourth-order valence-corrected chi connectivity index (χ4v) is 2.03. The molecule has 0 aliphatic heterocycles. The van der Waals surface area contributed by atoms with E-state index < -0.39 is 0 Å². The molecule has 0 aliphatic rings. The number of carbonyl (C=O) groups excluding carboxylic acids is 1. The highest BCUT2D eigenvalue weighted by atomic mass is 16.1. The van der Waals surface area contributed by atoms with Gasteiger partial charge in [0.1, 0.15) is 5.78 Å². The van der Waals surface area contributed by atoms with E-state index in [1.807, 2.05) is 26.0 Å². The zero-order valence-electron chi connectivity index (χ0n) is 10.8. The van der Waals surface area contributed by atoms with Crippen LogP contribution in [0.2, 0.25) is 0 Å². The van der Waals surface area contributed by atoms with Crippen LogP contribution in [-0.4, -0.2) is 18.9 Å². The molecule has 0 spiro atoms.